The summed E-state index contributed by atoms with van der Waals surface area (Å²) in [5.41, 5.74) is 16.0. The van der Waals surface area contributed by atoms with E-state index in [4.69, 9.17) is 26.8 Å². The number of rotatable bonds is 5. The van der Waals surface area contributed by atoms with Gasteiger partial charge in [0, 0.05) is 40.6 Å². The van der Waals surface area contributed by atoms with Crippen LogP contribution in [0, 0.1) is 13.8 Å². The van der Waals surface area contributed by atoms with Gasteiger partial charge in [0.25, 0.3) is 0 Å². The molecule has 192 valence electrons. The number of aromatic amines is 2. The van der Waals surface area contributed by atoms with Gasteiger partial charge in [-0.3, -0.25) is 9.59 Å². The van der Waals surface area contributed by atoms with Crippen LogP contribution in [0.4, 0.5) is 0 Å². The molecule has 0 radical (unpaired) electrons. The van der Waals surface area contributed by atoms with E-state index in [-0.39, 0.29) is 14.9 Å². The summed E-state index contributed by atoms with van der Waals surface area (Å²) in [4.78, 5) is 26.6. The lowest BCUT2D eigenvalue weighted by Gasteiger charge is -2.06. The summed E-state index contributed by atoms with van der Waals surface area (Å²) in [6, 6.07) is 12.3. The molecule has 2 aromatic heterocycles. The van der Waals surface area contributed by atoms with Gasteiger partial charge in [-0.05, 0) is 48.7 Å². The molecule has 2 aromatic carbocycles. The SMILES string of the molecule is C.C.Cc1cccc2[nH]cc(C[C@H](N)C(=O)O)c12.Cc1cccc2[nH]ccc12.N[C@@H](CO)C(=O)O. The number of aliphatic carboxylic acids is 2. The molecule has 9 heteroatoms. The van der Waals surface area contributed by atoms with Gasteiger partial charge in [0.15, 0.2) is 0 Å². The molecule has 0 unspecified atom stereocenters. The van der Waals surface area contributed by atoms with E-state index >= 15 is 0 Å². The number of nitrogens with two attached hydrogens (primary N) is 2. The first-order valence-electron chi connectivity index (χ1n) is 10.3. The van der Waals surface area contributed by atoms with Gasteiger partial charge in [-0.2, -0.15) is 0 Å². The number of nitrogens with one attached hydrogen (secondary N) is 2. The molecule has 0 fully saturated rings. The van der Waals surface area contributed by atoms with Crippen LogP contribution in [0.2, 0.25) is 0 Å². The van der Waals surface area contributed by atoms with Crippen LogP contribution < -0.4 is 11.5 Å². The van der Waals surface area contributed by atoms with Gasteiger partial charge in [0.05, 0.1) is 6.61 Å². The van der Waals surface area contributed by atoms with E-state index < -0.39 is 30.6 Å². The van der Waals surface area contributed by atoms with Gasteiger partial charge in [-0.15, -0.1) is 0 Å². The summed E-state index contributed by atoms with van der Waals surface area (Å²) in [5.74, 6) is -2.15. The molecular weight excluding hydrogens is 448 g/mol. The van der Waals surface area contributed by atoms with Gasteiger partial charge in [-0.1, -0.05) is 39.1 Å². The lowest BCUT2D eigenvalue weighted by molar-refractivity contribution is -0.140. The molecule has 9 N–H and O–H groups in total. The predicted octanol–water partition coefficient (Wildman–Crippen LogP) is 3.57. The summed E-state index contributed by atoms with van der Waals surface area (Å²) in [6.45, 7) is 3.62. The average Bonchev–Trinajstić information content (AvgIpc) is 3.43. The Morgan fingerprint density at radius 3 is 1.94 bits per heavy atom. The van der Waals surface area contributed by atoms with Crippen LogP contribution in [0.5, 0.6) is 0 Å². The molecule has 0 amide bonds. The normalized spacial score (nSPS) is 11.6. The van der Waals surface area contributed by atoms with E-state index in [1.165, 1.54) is 16.5 Å². The number of aromatic nitrogens is 2. The zero-order valence-electron chi connectivity index (χ0n) is 18.6. The van der Waals surface area contributed by atoms with Crippen molar-refractivity contribution in [2.24, 2.45) is 11.5 Å². The third-order valence-electron chi connectivity index (χ3n) is 5.08. The average molecular weight is 487 g/mol. The standard InChI is InChI=1S/C12H14N2O2.C9H9N.C3H7NO3.2CH4/c1-7-3-2-4-10-11(7)8(6-14-10)5-9(13)12(15)16;1-7-3-2-4-9-8(7)5-6-10-9;4-2(1-5)3(6)7;;/h2-4,6,9,14H,5,13H2,1H3,(H,15,16);2-6,10H,1H3;2,5H,1,4H2,(H,6,7);2*1H4/t9-;;2-;;/m0.0../s1. The van der Waals surface area contributed by atoms with E-state index in [0.29, 0.717) is 6.42 Å². The van der Waals surface area contributed by atoms with Crippen LogP contribution in [0.25, 0.3) is 21.8 Å². The molecule has 2 atom stereocenters. The quantitative estimate of drug-likeness (QED) is 0.225. The van der Waals surface area contributed by atoms with Gasteiger partial charge < -0.3 is 36.8 Å². The Kier molecular flexibility index (Phi) is 13.0. The number of hydrogen-bond acceptors (Lipinski definition) is 5. The monoisotopic (exact) mass is 486 g/mol. The van der Waals surface area contributed by atoms with Crippen molar-refractivity contribution >= 4 is 33.7 Å². The molecule has 4 rings (SSSR count). The first-order valence-corrected chi connectivity index (χ1v) is 10.3. The highest BCUT2D eigenvalue weighted by Crippen LogP contribution is 2.22. The van der Waals surface area contributed by atoms with E-state index in [1.54, 1.807) is 0 Å². The highest BCUT2D eigenvalue weighted by molar-refractivity contribution is 5.87. The van der Waals surface area contributed by atoms with Crippen LogP contribution in [0.3, 0.4) is 0 Å². The van der Waals surface area contributed by atoms with E-state index in [1.807, 2.05) is 37.5 Å². The Bertz CT molecular complexity index is 1210. The number of aliphatic hydroxyl groups excluding tert-OH is 1. The number of carboxylic acid groups (broad SMARTS) is 2. The number of carbonyl (C=O) groups is 2. The van der Waals surface area contributed by atoms with E-state index in [9.17, 15) is 9.59 Å². The minimum atomic E-state index is -1.18. The third-order valence-corrected chi connectivity index (χ3v) is 5.08. The minimum absolute atomic E-state index is 0. The van der Waals surface area contributed by atoms with Gasteiger partial charge in [0.1, 0.15) is 12.1 Å². The molecular formula is C26H38N4O5. The summed E-state index contributed by atoms with van der Waals surface area (Å²) >= 11 is 0. The minimum Gasteiger partial charge on any atom is -0.480 e. The van der Waals surface area contributed by atoms with Crippen LogP contribution in [0.15, 0.2) is 54.9 Å². The highest BCUT2D eigenvalue weighted by Gasteiger charge is 2.15. The van der Waals surface area contributed by atoms with Crippen LogP contribution >= 0.6 is 0 Å². The summed E-state index contributed by atoms with van der Waals surface area (Å²) < 4.78 is 0. The molecule has 4 aromatic rings. The summed E-state index contributed by atoms with van der Waals surface area (Å²) in [7, 11) is 0. The van der Waals surface area contributed by atoms with E-state index in [2.05, 4.69) is 41.2 Å². The Morgan fingerprint density at radius 2 is 1.43 bits per heavy atom. The molecule has 0 saturated heterocycles. The molecule has 0 saturated carbocycles. The van der Waals surface area contributed by atoms with Crippen molar-refractivity contribution in [2.75, 3.05) is 6.61 Å². The van der Waals surface area contributed by atoms with Crippen molar-refractivity contribution in [2.45, 2.75) is 47.2 Å². The summed E-state index contributed by atoms with van der Waals surface area (Å²) in [5, 5.41) is 27.1. The lowest BCUT2D eigenvalue weighted by Crippen LogP contribution is -2.33. The van der Waals surface area contributed by atoms with Crippen LogP contribution in [-0.4, -0.2) is 55.9 Å². The molecule has 0 spiro atoms. The van der Waals surface area contributed by atoms with Crippen LogP contribution in [0.1, 0.15) is 31.5 Å². The zero-order valence-corrected chi connectivity index (χ0v) is 18.6. The molecule has 35 heavy (non-hydrogen) atoms. The number of aryl methyl sites for hydroxylation is 2. The lowest BCUT2D eigenvalue weighted by atomic mass is 10.0. The fourth-order valence-electron chi connectivity index (χ4n) is 3.26. The zero-order chi connectivity index (χ0) is 24.5. The third kappa shape index (κ3) is 8.56. The second-order valence-corrected chi connectivity index (χ2v) is 7.60. The first-order chi connectivity index (χ1) is 15.6. The molecule has 0 bridgehead atoms. The summed E-state index contributed by atoms with van der Waals surface area (Å²) in [6.07, 6.45) is 4.15. The maximum absolute atomic E-state index is 10.7. The Morgan fingerprint density at radius 1 is 0.857 bits per heavy atom. The largest absolute Gasteiger partial charge is 0.480 e. The molecule has 0 aliphatic heterocycles. The van der Waals surface area contributed by atoms with Crippen molar-refractivity contribution in [1.29, 1.82) is 0 Å². The van der Waals surface area contributed by atoms with Crippen molar-refractivity contribution in [3.8, 4) is 0 Å². The maximum Gasteiger partial charge on any atom is 0.322 e. The van der Waals surface area contributed by atoms with Crippen molar-refractivity contribution in [3.63, 3.8) is 0 Å². The van der Waals surface area contributed by atoms with Crippen molar-refractivity contribution < 1.29 is 24.9 Å². The molecule has 2 heterocycles. The van der Waals surface area contributed by atoms with Gasteiger partial charge in [0.2, 0.25) is 0 Å². The van der Waals surface area contributed by atoms with Crippen molar-refractivity contribution in [1.82, 2.24) is 9.97 Å². The van der Waals surface area contributed by atoms with E-state index in [0.717, 1.165) is 22.0 Å². The second-order valence-electron chi connectivity index (χ2n) is 7.60. The highest BCUT2D eigenvalue weighted by atomic mass is 16.4. The number of carboxylic acids is 2. The number of hydrogen-bond donors (Lipinski definition) is 7. The van der Waals surface area contributed by atoms with Gasteiger partial charge in [-0.25, -0.2) is 0 Å². The van der Waals surface area contributed by atoms with Gasteiger partial charge >= 0.3 is 11.9 Å². The second kappa shape index (κ2) is 14.6. The Balaban J connectivity index is 0.000000527. The fraction of sp³-hybridized carbons (Fsp3) is 0.308. The Hall–Kier alpha value is -3.66. The smallest absolute Gasteiger partial charge is 0.322 e. The number of H-pyrrole nitrogens is 2. The molecule has 0 aliphatic rings. The number of fused-ring (bicyclic) bond motifs is 2. The first kappa shape index (κ1) is 31.3. The number of aliphatic hydroxyl groups is 1. The molecule has 0 aliphatic carbocycles. The fourth-order valence-corrected chi connectivity index (χ4v) is 3.26. The van der Waals surface area contributed by atoms with Crippen LogP contribution in [-0.2, 0) is 16.0 Å². The Labute approximate surface area is 205 Å². The maximum atomic E-state index is 10.7. The predicted molar refractivity (Wildman–Crippen MR) is 142 cm³/mol. The topological polar surface area (TPSA) is 178 Å². The van der Waals surface area contributed by atoms with Crippen molar-refractivity contribution in [3.05, 3.63) is 71.5 Å². The number of benzene rings is 2. The molecule has 9 nitrogen and oxygen atoms in total.